The minimum atomic E-state index is -0.350. The van der Waals surface area contributed by atoms with Crippen LogP contribution in [-0.4, -0.2) is 60.0 Å². The molecular formula is C27H31N5O3. The van der Waals surface area contributed by atoms with Crippen LogP contribution in [0.15, 0.2) is 48.9 Å². The fraction of sp³-hybridized carbons (Fsp3) is 0.370. The van der Waals surface area contributed by atoms with Crippen LogP contribution in [0.25, 0.3) is 0 Å². The van der Waals surface area contributed by atoms with Gasteiger partial charge in [0, 0.05) is 30.9 Å². The summed E-state index contributed by atoms with van der Waals surface area (Å²) in [6, 6.07) is 12.1. The maximum absolute atomic E-state index is 13.9. The number of nitrogens with zero attached hydrogens (tertiary/aromatic N) is 4. The van der Waals surface area contributed by atoms with E-state index in [0.717, 1.165) is 59.6 Å². The number of carbonyl (C=O) groups is 1. The highest BCUT2D eigenvalue weighted by atomic mass is 16.5. The number of hydrogen-bond acceptors (Lipinski definition) is 7. The van der Waals surface area contributed by atoms with Crippen LogP contribution in [0.5, 0.6) is 11.5 Å². The first-order chi connectivity index (χ1) is 16.9. The second kappa shape index (κ2) is 9.19. The molecule has 1 fully saturated rings. The molecule has 1 spiro atoms. The summed E-state index contributed by atoms with van der Waals surface area (Å²) in [5.74, 6) is 2.07. The molecule has 1 saturated heterocycles. The van der Waals surface area contributed by atoms with Gasteiger partial charge in [0.2, 0.25) is 0 Å². The van der Waals surface area contributed by atoms with E-state index in [1.165, 1.54) is 6.33 Å². The molecule has 8 heteroatoms. The molecule has 2 aliphatic heterocycles. The normalized spacial score (nSPS) is 16.9. The van der Waals surface area contributed by atoms with Gasteiger partial charge < -0.3 is 24.6 Å². The molecule has 8 nitrogen and oxygen atoms in total. The molecule has 2 aliphatic rings. The molecule has 1 aromatic heterocycles. The maximum atomic E-state index is 13.9. The first-order valence-corrected chi connectivity index (χ1v) is 11.8. The summed E-state index contributed by atoms with van der Waals surface area (Å²) in [5, 5.41) is 3.39. The molecule has 0 unspecified atom stereocenters. The third-order valence-corrected chi connectivity index (χ3v) is 7.29. The second-order valence-corrected chi connectivity index (χ2v) is 9.35. The van der Waals surface area contributed by atoms with Crippen molar-refractivity contribution in [1.29, 1.82) is 0 Å². The molecule has 0 bridgehead atoms. The molecule has 2 aromatic carbocycles. The zero-order chi connectivity index (χ0) is 24.6. The van der Waals surface area contributed by atoms with Gasteiger partial charge in [-0.05, 0) is 67.8 Å². The van der Waals surface area contributed by atoms with Gasteiger partial charge in [0.1, 0.15) is 12.1 Å². The van der Waals surface area contributed by atoms with Crippen molar-refractivity contribution in [1.82, 2.24) is 19.8 Å². The van der Waals surface area contributed by atoms with Crippen LogP contribution in [-0.2, 0) is 12.1 Å². The number of methoxy groups -OCH3 is 2. The second-order valence-electron chi connectivity index (χ2n) is 9.35. The van der Waals surface area contributed by atoms with E-state index in [2.05, 4.69) is 38.2 Å². The quantitative estimate of drug-likeness (QED) is 0.577. The topological polar surface area (TPSA) is 79.8 Å². The third kappa shape index (κ3) is 4.08. The molecular weight excluding hydrogens is 442 g/mol. The Morgan fingerprint density at radius 2 is 1.83 bits per heavy atom. The predicted molar refractivity (Wildman–Crippen MR) is 134 cm³/mol. The van der Waals surface area contributed by atoms with Gasteiger partial charge in [0.15, 0.2) is 11.6 Å². The number of ether oxygens (including phenoxy) is 2. The molecule has 3 heterocycles. The number of hydrogen-bond donors (Lipinski definition) is 1. The largest absolute Gasteiger partial charge is 0.497 e. The van der Waals surface area contributed by atoms with Gasteiger partial charge in [-0.2, -0.15) is 0 Å². The van der Waals surface area contributed by atoms with E-state index in [4.69, 9.17) is 9.47 Å². The Hall–Kier alpha value is -3.65. The van der Waals surface area contributed by atoms with Crippen LogP contribution in [0.4, 0.5) is 11.5 Å². The number of carbonyl (C=O) groups excluding carboxylic acids is 1. The molecule has 1 amide bonds. The van der Waals surface area contributed by atoms with E-state index in [-0.39, 0.29) is 11.4 Å². The molecule has 5 rings (SSSR count). The maximum Gasteiger partial charge on any atom is 0.255 e. The molecule has 3 aromatic rings. The number of anilines is 2. The highest BCUT2D eigenvalue weighted by Gasteiger charge is 2.51. The van der Waals surface area contributed by atoms with E-state index in [1.54, 1.807) is 20.4 Å². The van der Waals surface area contributed by atoms with E-state index >= 15 is 0 Å². The summed E-state index contributed by atoms with van der Waals surface area (Å²) in [7, 11) is 5.40. The van der Waals surface area contributed by atoms with Crippen molar-refractivity contribution in [2.24, 2.45) is 0 Å². The lowest BCUT2D eigenvalue weighted by Crippen LogP contribution is -2.50. The Balaban J connectivity index is 1.55. The van der Waals surface area contributed by atoms with Gasteiger partial charge >= 0.3 is 0 Å². The number of aryl methyl sites for hydroxylation is 1. The fourth-order valence-electron chi connectivity index (χ4n) is 5.35. The van der Waals surface area contributed by atoms with E-state index in [9.17, 15) is 4.79 Å². The van der Waals surface area contributed by atoms with Crippen molar-refractivity contribution in [3.63, 3.8) is 0 Å². The molecule has 1 N–H and O–H groups in total. The molecule has 35 heavy (non-hydrogen) atoms. The van der Waals surface area contributed by atoms with Crippen molar-refractivity contribution in [3.05, 3.63) is 71.2 Å². The van der Waals surface area contributed by atoms with E-state index in [0.29, 0.717) is 18.1 Å². The highest BCUT2D eigenvalue weighted by molar-refractivity contribution is 6.02. The van der Waals surface area contributed by atoms with Gasteiger partial charge in [0.25, 0.3) is 5.91 Å². The van der Waals surface area contributed by atoms with Crippen LogP contribution in [0.1, 0.15) is 39.9 Å². The first kappa shape index (κ1) is 23.1. The lowest BCUT2D eigenvalue weighted by Gasteiger charge is -2.45. The van der Waals surface area contributed by atoms with Crippen molar-refractivity contribution in [3.8, 4) is 11.5 Å². The highest BCUT2D eigenvalue weighted by Crippen LogP contribution is 2.49. The number of amides is 1. The van der Waals surface area contributed by atoms with Gasteiger partial charge in [-0.15, -0.1) is 0 Å². The monoisotopic (exact) mass is 473 g/mol. The Kier molecular flexibility index (Phi) is 6.06. The fourth-order valence-corrected chi connectivity index (χ4v) is 5.35. The van der Waals surface area contributed by atoms with Crippen molar-refractivity contribution in [2.45, 2.75) is 31.8 Å². The average molecular weight is 474 g/mol. The van der Waals surface area contributed by atoms with Crippen LogP contribution >= 0.6 is 0 Å². The van der Waals surface area contributed by atoms with E-state index < -0.39 is 0 Å². The standard InChI is InChI=1S/C27H31N5O3/c1-18-13-20(30-25-23(35-4)15-28-17-29-25)14-22-24(18)26(33)32(27(22)9-11-31(2)12-10-27)16-19-5-7-21(34-3)8-6-19/h5-8,13-15,17H,9-12,16H2,1-4H3,(H,28,29,30). The molecule has 0 aliphatic carbocycles. The first-order valence-electron chi connectivity index (χ1n) is 11.8. The Morgan fingerprint density at radius 3 is 2.51 bits per heavy atom. The lowest BCUT2D eigenvalue weighted by molar-refractivity contribution is 0.0273. The summed E-state index contributed by atoms with van der Waals surface area (Å²) in [6.07, 6.45) is 4.90. The zero-order valence-corrected chi connectivity index (χ0v) is 20.7. The number of benzene rings is 2. The predicted octanol–water partition coefficient (Wildman–Crippen LogP) is 4.12. The number of aromatic nitrogens is 2. The van der Waals surface area contributed by atoms with Crippen molar-refractivity contribution < 1.29 is 14.3 Å². The number of rotatable bonds is 6. The van der Waals surface area contributed by atoms with Gasteiger partial charge in [0.05, 0.1) is 26.0 Å². The Labute approximate surface area is 205 Å². The van der Waals surface area contributed by atoms with Gasteiger partial charge in [-0.3, -0.25) is 4.79 Å². The van der Waals surface area contributed by atoms with Crippen LogP contribution in [0.3, 0.4) is 0 Å². The SMILES string of the molecule is COc1ccc(CN2C(=O)c3c(C)cc(Nc4ncncc4OC)cc3C23CCN(C)CC3)cc1. The summed E-state index contributed by atoms with van der Waals surface area (Å²) >= 11 is 0. The number of nitrogens with one attached hydrogen (secondary N) is 1. The number of fused-ring (bicyclic) bond motifs is 2. The summed E-state index contributed by atoms with van der Waals surface area (Å²) in [6.45, 7) is 4.44. The molecule has 182 valence electrons. The molecule has 0 saturated carbocycles. The lowest BCUT2D eigenvalue weighted by atomic mass is 9.79. The van der Waals surface area contributed by atoms with Gasteiger partial charge in [-0.25, -0.2) is 9.97 Å². The van der Waals surface area contributed by atoms with Crippen LogP contribution < -0.4 is 14.8 Å². The summed E-state index contributed by atoms with van der Waals surface area (Å²) in [5.41, 5.74) is 4.50. The smallest absolute Gasteiger partial charge is 0.255 e. The minimum Gasteiger partial charge on any atom is -0.497 e. The van der Waals surface area contributed by atoms with Crippen LogP contribution in [0.2, 0.25) is 0 Å². The summed E-state index contributed by atoms with van der Waals surface area (Å²) < 4.78 is 10.7. The van der Waals surface area contributed by atoms with Crippen molar-refractivity contribution in [2.75, 3.05) is 39.7 Å². The number of likely N-dealkylation sites (tertiary alicyclic amines) is 1. The molecule has 0 atom stereocenters. The summed E-state index contributed by atoms with van der Waals surface area (Å²) in [4.78, 5) is 26.7. The number of piperidine rings is 1. The Bertz CT molecular complexity index is 1240. The van der Waals surface area contributed by atoms with Crippen LogP contribution in [0, 0.1) is 6.92 Å². The van der Waals surface area contributed by atoms with Gasteiger partial charge in [-0.1, -0.05) is 12.1 Å². The van der Waals surface area contributed by atoms with Crippen molar-refractivity contribution >= 4 is 17.4 Å². The minimum absolute atomic E-state index is 0.101. The van der Waals surface area contributed by atoms with E-state index in [1.807, 2.05) is 37.3 Å². The Morgan fingerprint density at radius 1 is 1.09 bits per heavy atom. The zero-order valence-electron chi connectivity index (χ0n) is 20.7. The third-order valence-electron chi connectivity index (χ3n) is 7.29. The average Bonchev–Trinajstić information content (AvgIpc) is 3.09. The molecule has 0 radical (unpaired) electrons.